The lowest BCUT2D eigenvalue weighted by Gasteiger charge is -2.33. The van der Waals surface area contributed by atoms with Gasteiger partial charge in [-0.05, 0) is 51.4 Å². The maximum Gasteiger partial charge on any atom is 0.408 e. The minimum Gasteiger partial charge on any atom is -0.444 e. The van der Waals surface area contributed by atoms with Crippen LogP contribution in [0.4, 0.5) is 4.79 Å². The van der Waals surface area contributed by atoms with Crippen molar-refractivity contribution in [3.8, 4) is 0 Å². The number of nitrogens with one attached hydrogen (secondary N) is 4. The summed E-state index contributed by atoms with van der Waals surface area (Å²) in [6.45, 7) is 14.8. The number of primary amides is 1. The lowest BCUT2D eigenvalue weighted by Crippen LogP contribution is -2.59. The third-order valence-electron chi connectivity index (χ3n) is 5.47. The van der Waals surface area contributed by atoms with Crippen LogP contribution in [0.1, 0.15) is 74.7 Å². The number of carbonyl (C=O) groups excluding carboxylic acids is 5. The number of rotatable bonds is 10. The number of ether oxygens (including phenoxy) is 1. The van der Waals surface area contributed by atoms with E-state index in [0.29, 0.717) is 13.0 Å². The largest absolute Gasteiger partial charge is 0.444 e. The lowest BCUT2D eigenvalue weighted by atomic mass is 9.86. The first-order valence-corrected chi connectivity index (χ1v) is 12.1. The highest BCUT2D eigenvalue weighted by Crippen LogP contribution is 2.21. The van der Waals surface area contributed by atoms with Gasteiger partial charge in [0.25, 0.3) is 0 Å². The summed E-state index contributed by atoms with van der Waals surface area (Å²) in [6, 6.07) is -3.03. The number of nitrogens with two attached hydrogens (primary N) is 1. The van der Waals surface area contributed by atoms with E-state index in [1.165, 1.54) is 0 Å². The van der Waals surface area contributed by atoms with Crippen LogP contribution in [-0.4, -0.2) is 60.0 Å². The van der Waals surface area contributed by atoms with Crippen LogP contribution in [0, 0.1) is 17.3 Å². The summed E-state index contributed by atoms with van der Waals surface area (Å²) in [6.07, 6.45) is 0.172. The number of carbonyl (C=O) groups is 5. The predicted molar refractivity (Wildman–Crippen MR) is 131 cm³/mol. The van der Waals surface area contributed by atoms with Gasteiger partial charge in [0, 0.05) is 12.5 Å². The average Bonchev–Trinajstić information content (AvgIpc) is 3.06. The second kappa shape index (κ2) is 12.2. The van der Waals surface area contributed by atoms with Gasteiger partial charge in [-0.2, -0.15) is 0 Å². The molecule has 0 aromatic carbocycles. The third-order valence-corrected chi connectivity index (χ3v) is 5.47. The van der Waals surface area contributed by atoms with E-state index < -0.39 is 58.9 Å². The molecule has 35 heavy (non-hydrogen) atoms. The minimum absolute atomic E-state index is 0.0330. The van der Waals surface area contributed by atoms with Gasteiger partial charge in [0.2, 0.25) is 23.6 Å². The lowest BCUT2D eigenvalue weighted by molar-refractivity contribution is -0.133. The monoisotopic (exact) mass is 497 g/mol. The molecule has 1 fully saturated rings. The summed E-state index contributed by atoms with van der Waals surface area (Å²) in [4.78, 5) is 62.6. The Kier molecular flexibility index (Phi) is 10.5. The molecule has 0 spiro atoms. The molecular weight excluding hydrogens is 454 g/mol. The van der Waals surface area contributed by atoms with Crippen LogP contribution in [0.15, 0.2) is 0 Å². The molecule has 1 heterocycles. The second-order valence-corrected chi connectivity index (χ2v) is 11.6. The summed E-state index contributed by atoms with van der Waals surface area (Å²) in [5.41, 5.74) is 4.05. The van der Waals surface area contributed by atoms with Crippen molar-refractivity contribution in [3.63, 3.8) is 0 Å². The van der Waals surface area contributed by atoms with Gasteiger partial charge >= 0.3 is 6.09 Å². The van der Waals surface area contributed by atoms with Crippen molar-refractivity contribution in [2.24, 2.45) is 23.0 Å². The molecule has 5 amide bonds. The van der Waals surface area contributed by atoms with Crippen LogP contribution in [0.25, 0.3) is 0 Å². The Labute approximate surface area is 208 Å². The van der Waals surface area contributed by atoms with E-state index in [2.05, 4.69) is 21.3 Å². The van der Waals surface area contributed by atoms with Gasteiger partial charge in [0.05, 0.1) is 0 Å². The van der Waals surface area contributed by atoms with Crippen molar-refractivity contribution in [1.29, 1.82) is 0 Å². The standard InChI is InChI=1S/C24H43N5O6/c1-13(2)11-16(20(32)27-15(18(25)30)12-14-9-10-26-19(14)31)28-21(33)17(23(3,4)5)29-22(34)35-24(6,7)8/h13-17H,9-12H2,1-8H3,(H2,25,30)(H,26,31)(H,27,32)(H,28,33)(H,29,34)/t14-,15-,16-,17+/m0/s1. The molecule has 0 aliphatic carbocycles. The molecule has 11 heteroatoms. The third kappa shape index (κ3) is 10.5. The van der Waals surface area contributed by atoms with Gasteiger partial charge in [-0.15, -0.1) is 0 Å². The molecule has 0 aromatic rings. The fraction of sp³-hybridized carbons (Fsp3) is 0.792. The highest BCUT2D eigenvalue weighted by atomic mass is 16.6. The first-order chi connectivity index (χ1) is 15.9. The van der Waals surface area contributed by atoms with Crippen LogP contribution in [0.3, 0.4) is 0 Å². The Bertz CT molecular complexity index is 799. The van der Waals surface area contributed by atoms with Crippen LogP contribution >= 0.6 is 0 Å². The summed E-state index contributed by atoms with van der Waals surface area (Å²) in [5, 5.41) is 10.6. The number of hydrogen-bond acceptors (Lipinski definition) is 6. The molecule has 11 nitrogen and oxygen atoms in total. The summed E-state index contributed by atoms with van der Waals surface area (Å²) in [5.74, 6) is -2.47. The van der Waals surface area contributed by atoms with Crippen LogP contribution in [0.2, 0.25) is 0 Å². The minimum atomic E-state index is -1.05. The molecular formula is C24H43N5O6. The van der Waals surface area contributed by atoms with E-state index in [9.17, 15) is 24.0 Å². The second-order valence-electron chi connectivity index (χ2n) is 11.6. The summed E-state index contributed by atoms with van der Waals surface area (Å²) in [7, 11) is 0. The Balaban J connectivity index is 3.00. The SMILES string of the molecule is CC(C)C[C@H](NC(=O)[C@@H](NC(=O)OC(C)(C)C)C(C)(C)C)C(=O)N[C@@H](C[C@@H]1CCNC1=O)C(N)=O. The van der Waals surface area contributed by atoms with Crippen molar-refractivity contribution in [3.05, 3.63) is 0 Å². The highest BCUT2D eigenvalue weighted by molar-refractivity contribution is 5.94. The van der Waals surface area contributed by atoms with Crippen LogP contribution in [-0.2, 0) is 23.9 Å². The van der Waals surface area contributed by atoms with E-state index in [-0.39, 0.29) is 24.7 Å². The topological polar surface area (TPSA) is 169 Å². The van der Waals surface area contributed by atoms with E-state index in [1.54, 1.807) is 41.5 Å². The molecule has 0 radical (unpaired) electrons. The molecule has 1 rings (SSSR count). The van der Waals surface area contributed by atoms with E-state index >= 15 is 0 Å². The van der Waals surface area contributed by atoms with Crippen molar-refractivity contribution < 1.29 is 28.7 Å². The fourth-order valence-corrected chi connectivity index (χ4v) is 3.73. The number of alkyl carbamates (subject to hydrolysis) is 1. The van der Waals surface area contributed by atoms with Crippen molar-refractivity contribution in [2.45, 2.75) is 98.4 Å². The molecule has 0 aromatic heterocycles. The highest BCUT2D eigenvalue weighted by Gasteiger charge is 2.37. The van der Waals surface area contributed by atoms with Crippen molar-refractivity contribution in [2.75, 3.05) is 6.54 Å². The molecule has 6 N–H and O–H groups in total. The smallest absolute Gasteiger partial charge is 0.408 e. The summed E-state index contributed by atoms with van der Waals surface area (Å²) >= 11 is 0. The van der Waals surface area contributed by atoms with Gasteiger partial charge < -0.3 is 31.7 Å². The normalized spacial score (nSPS) is 18.8. The van der Waals surface area contributed by atoms with Gasteiger partial charge in [0.1, 0.15) is 23.7 Å². The summed E-state index contributed by atoms with van der Waals surface area (Å²) < 4.78 is 5.29. The zero-order valence-electron chi connectivity index (χ0n) is 22.2. The predicted octanol–water partition coefficient (Wildman–Crippen LogP) is 0.953. The van der Waals surface area contributed by atoms with E-state index in [4.69, 9.17) is 10.5 Å². The molecule has 1 saturated heterocycles. The molecule has 200 valence electrons. The van der Waals surface area contributed by atoms with E-state index in [0.717, 1.165) is 0 Å². The quantitative estimate of drug-likeness (QED) is 0.301. The maximum atomic E-state index is 13.2. The van der Waals surface area contributed by atoms with Gasteiger partial charge in [0.15, 0.2) is 0 Å². The molecule has 0 saturated carbocycles. The van der Waals surface area contributed by atoms with Gasteiger partial charge in [-0.3, -0.25) is 19.2 Å². The Morgan fingerprint density at radius 2 is 1.57 bits per heavy atom. The molecule has 4 atom stereocenters. The first kappa shape index (κ1) is 30.2. The Hall–Kier alpha value is -2.85. The van der Waals surface area contributed by atoms with Crippen molar-refractivity contribution in [1.82, 2.24) is 21.3 Å². The first-order valence-electron chi connectivity index (χ1n) is 12.1. The maximum absolute atomic E-state index is 13.2. The van der Waals surface area contributed by atoms with Crippen LogP contribution < -0.4 is 27.0 Å². The Morgan fingerprint density at radius 1 is 1.00 bits per heavy atom. The van der Waals surface area contributed by atoms with Gasteiger partial charge in [-0.1, -0.05) is 34.6 Å². The van der Waals surface area contributed by atoms with E-state index in [1.807, 2.05) is 13.8 Å². The molecule has 0 bridgehead atoms. The Morgan fingerprint density at radius 3 is 2.00 bits per heavy atom. The fourth-order valence-electron chi connectivity index (χ4n) is 3.73. The van der Waals surface area contributed by atoms with Crippen LogP contribution in [0.5, 0.6) is 0 Å². The van der Waals surface area contributed by atoms with Gasteiger partial charge in [-0.25, -0.2) is 4.79 Å². The van der Waals surface area contributed by atoms with Crippen molar-refractivity contribution >= 4 is 29.7 Å². The number of amides is 5. The zero-order chi connectivity index (χ0) is 27.1. The molecule has 0 unspecified atom stereocenters. The number of hydrogen-bond donors (Lipinski definition) is 5. The molecule has 1 aliphatic rings. The average molecular weight is 498 g/mol. The zero-order valence-corrected chi connectivity index (χ0v) is 22.2. The molecule has 1 aliphatic heterocycles.